The van der Waals surface area contributed by atoms with Crippen molar-refractivity contribution in [1.29, 1.82) is 0 Å². The van der Waals surface area contributed by atoms with Crippen LogP contribution in [0.5, 0.6) is 0 Å². The average molecular weight is 336 g/mol. The van der Waals surface area contributed by atoms with Crippen molar-refractivity contribution in [2.24, 2.45) is 0 Å². The molecule has 2 aromatic rings. The van der Waals surface area contributed by atoms with Crippen molar-refractivity contribution in [3.8, 4) is 0 Å². The van der Waals surface area contributed by atoms with Crippen molar-refractivity contribution in [3.05, 3.63) is 58.7 Å². The van der Waals surface area contributed by atoms with E-state index in [1.807, 2.05) is 23.2 Å². The number of hydrogen-bond donors (Lipinski definition) is 1. The Morgan fingerprint density at radius 1 is 1.32 bits per heavy atom. The summed E-state index contributed by atoms with van der Waals surface area (Å²) in [5.41, 5.74) is 4.50. The van der Waals surface area contributed by atoms with Gasteiger partial charge >= 0.3 is 0 Å². The highest BCUT2D eigenvalue weighted by Gasteiger charge is 2.25. The van der Waals surface area contributed by atoms with Gasteiger partial charge in [0, 0.05) is 43.7 Å². The standard InChI is InChI=1S/C20H24N4O/c1-14-2-4-15(5-3-14)10-19(25)24-9-7-18-17(13-24)12-22-20(23-18)16-6-8-21-11-16/h2-5,12,16,21H,6-11,13H2,1H3. The van der Waals surface area contributed by atoms with Crippen LogP contribution in [0.4, 0.5) is 0 Å². The molecular formula is C20H24N4O. The molecule has 2 aliphatic rings. The van der Waals surface area contributed by atoms with Crippen LogP contribution in [0.1, 0.15) is 40.5 Å². The van der Waals surface area contributed by atoms with Crippen LogP contribution in [0, 0.1) is 6.92 Å². The smallest absolute Gasteiger partial charge is 0.227 e. The number of nitrogens with one attached hydrogen (secondary N) is 1. The van der Waals surface area contributed by atoms with E-state index in [9.17, 15) is 4.79 Å². The Morgan fingerprint density at radius 2 is 2.16 bits per heavy atom. The van der Waals surface area contributed by atoms with Crippen LogP contribution in [0.25, 0.3) is 0 Å². The van der Waals surface area contributed by atoms with Gasteiger partial charge < -0.3 is 10.2 Å². The second-order valence-corrected chi connectivity index (χ2v) is 7.12. The van der Waals surface area contributed by atoms with Crippen LogP contribution in [-0.4, -0.2) is 40.4 Å². The highest BCUT2D eigenvalue weighted by Crippen LogP contribution is 2.23. The Hall–Kier alpha value is -2.27. The third-order valence-electron chi connectivity index (χ3n) is 5.21. The first-order chi connectivity index (χ1) is 12.2. The molecule has 0 aliphatic carbocycles. The quantitative estimate of drug-likeness (QED) is 0.931. The molecule has 1 saturated heterocycles. The van der Waals surface area contributed by atoms with E-state index in [1.165, 1.54) is 5.56 Å². The monoisotopic (exact) mass is 336 g/mol. The second kappa shape index (κ2) is 6.92. The fraction of sp³-hybridized carbons (Fsp3) is 0.450. The summed E-state index contributed by atoms with van der Waals surface area (Å²) in [5, 5.41) is 3.37. The van der Waals surface area contributed by atoms with Gasteiger partial charge in [-0.2, -0.15) is 0 Å². The Bertz CT molecular complexity index is 766. The maximum absolute atomic E-state index is 12.6. The number of amides is 1. The number of rotatable bonds is 3. The van der Waals surface area contributed by atoms with E-state index in [2.05, 4.69) is 29.4 Å². The summed E-state index contributed by atoms with van der Waals surface area (Å²) >= 11 is 0. The van der Waals surface area contributed by atoms with Crippen LogP contribution in [0.3, 0.4) is 0 Å². The number of aromatic nitrogens is 2. The maximum Gasteiger partial charge on any atom is 0.227 e. The SMILES string of the molecule is Cc1ccc(CC(=O)N2CCc3nc(C4CCNC4)ncc3C2)cc1. The van der Waals surface area contributed by atoms with E-state index in [0.29, 0.717) is 18.9 Å². The van der Waals surface area contributed by atoms with Gasteiger partial charge in [-0.15, -0.1) is 0 Å². The topological polar surface area (TPSA) is 58.1 Å². The second-order valence-electron chi connectivity index (χ2n) is 7.12. The predicted octanol–water partition coefficient (Wildman–Crippen LogP) is 1.99. The molecule has 5 heteroatoms. The van der Waals surface area contributed by atoms with Gasteiger partial charge in [0.1, 0.15) is 5.82 Å². The molecule has 1 aromatic heterocycles. The first-order valence-corrected chi connectivity index (χ1v) is 9.08. The number of benzene rings is 1. The average Bonchev–Trinajstić information content (AvgIpc) is 3.17. The minimum Gasteiger partial charge on any atom is -0.338 e. The molecule has 1 aromatic carbocycles. The zero-order chi connectivity index (χ0) is 17.2. The lowest BCUT2D eigenvalue weighted by molar-refractivity contribution is -0.131. The van der Waals surface area contributed by atoms with Gasteiger partial charge in [-0.3, -0.25) is 4.79 Å². The summed E-state index contributed by atoms with van der Waals surface area (Å²) in [6.07, 6.45) is 4.33. The molecule has 3 heterocycles. The van der Waals surface area contributed by atoms with Gasteiger partial charge in [0.25, 0.3) is 0 Å². The first kappa shape index (κ1) is 16.2. The zero-order valence-electron chi connectivity index (χ0n) is 14.7. The van der Waals surface area contributed by atoms with Gasteiger partial charge in [0.15, 0.2) is 0 Å². The van der Waals surface area contributed by atoms with Gasteiger partial charge in [0.2, 0.25) is 5.91 Å². The van der Waals surface area contributed by atoms with Crippen LogP contribution >= 0.6 is 0 Å². The molecule has 2 aliphatic heterocycles. The summed E-state index contributed by atoms with van der Waals surface area (Å²) in [6, 6.07) is 8.19. The summed E-state index contributed by atoms with van der Waals surface area (Å²) in [4.78, 5) is 23.9. The predicted molar refractivity (Wildman–Crippen MR) is 96.3 cm³/mol. The van der Waals surface area contributed by atoms with Crippen LogP contribution in [-0.2, 0) is 24.2 Å². The van der Waals surface area contributed by atoms with Crippen molar-refractivity contribution in [2.75, 3.05) is 19.6 Å². The lowest BCUT2D eigenvalue weighted by atomic mass is 10.0. The molecule has 0 spiro atoms. The number of nitrogens with zero attached hydrogens (tertiary/aromatic N) is 3. The van der Waals surface area contributed by atoms with Crippen molar-refractivity contribution in [2.45, 2.75) is 38.6 Å². The molecule has 1 unspecified atom stereocenters. The molecule has 0 bridgehead atoms. The van der Waals surface area contributed by atoms with E-state index >= 15 is 0 Å². The van der Waals surface area contributed by atoms with Gasteiger partial charge in [-0.25, -0.2) is 9.97 Å². The van der Waals surface area contributed by atoms with Crippen LogP contribution in [0.2, 0.25) is 0 Å². The van der Waals surface area contributed by atoms with Crippen molar-refractivity contribution in [1.82, 2.24) is 20.2 Å². The Kier molecular flexibility index (Phi) is 4.49. The molecule has 1 atom stereocenters. The molecule has 1 amide bonds. The maximum atomic E-state index is 12.6. The number of fused-ring (bicyclic) bond motifs is 1. The molecule has 0 saturated carbocycles. The van der Waals surface area contributed by atoms with Crippen LogP contribution < -0.4 is 5.32 Å². The molecule has 1 N–H and O–H groups in total. The van der Waals surface area contributed by atoms with E-state index < -0.39 is 0 Å². The largest absolute Gasteiger partial charge is 0.338 e. The minimum atomic E-state index is 0.179. The molecule has 4 rings (SSSR count). The molecule has 0 radical (unpaired) electrons. The third-order valence-corrected chi connectivity index (χ3v) is 5.21. The summed E-state index contributed by atoms with van der Waals surface area (Å²) in [7, 11) is 0. The molecule has 1 fully saturated rings. The number of carbonyl (C=O) groups is 1. The highest BCUT2D eigenvalue weighted by molar-refractivity contribution is 5.79. The minimum absolute atomic E-state index is 0.179. The fourth-order valence-corrected chi connectivity index (χ4v) is 3.61. The van der Waals surface area contributed by atoms with Crippen molar-refractivity contribution >= 4 is 5.91 Å². The van der Waals surface area contributed by atoms with Crippen molar-refractivity contribution in [3.63, 3.8) is 0 Å². The first-order valence-electron chi connectivity index (χ1n) is 9.08. The zero-order valence-corrected chi connectivity index (χ0v) is 14.7. The normalized spacial score (nSPS) is 19.7. The lowest BCUT2D eigenvalue weighted by Gasteiger charge is -2.28. The van der Waals surface area contributed by atoms with E-state index in [1.54, 1.807) is 0 Å². The Labute approximate surface area is 148 Å². The van der Waals surface area contributed by atoms with Gasteiger partial charge in [-0.1, -0.05) is 29.8 Å². The van der Waals surface area contributed by atoms with Crippen molar-refractivity contribution < 1.29 is 4.79 Å². The summed E-state index contributed by atoms with van der Waals surface area (Å²) in [5.74, 6) is 1.58. The molecule has 5 nitrogen and oxygen atoms in total. The Morgan fingerprint density at radius 3 is 2.92 bits per heavy atom. The molecule has 130 valence electrons. The fourth-order valence-electron chi connectivity index (χ4n) is 3.61. The summed E-state index contributed by atoms with van der Waals surface area (Å²) in [6.45, 7) is 5.45. The number of carbonyl (C=O) groups excluding carboxylic acids is 1. The summed E-state index contributed by atoms with van der Waals surface area (Å²) < 4.78 is 0. The van der Waals surface area contributed by atoms with E-state index in [4.69, 9.17) is 4.98 Å². The molecular weight excluding hydrogens is 312 g/mol. The molecule has 25 heavy (non-hydrogen) atoms. The van der Waals surface area contributed by atoms with Gasteiger partial charge in [0.05, 0.1) is 12.1 Å². The highest BCUT2D eigenvalue weighted by atomic mass is 16.2. The van der Waals surface area contributed by atoms with Gasteiger partial charge in [-0.05, 0) is 25.5 Å². The number of aryl methyl sites for hydroxylation is 1. The number of hydrogen-bond acceptors (Lipinski definition) is 4. The lowest BCUT2D eigenvalue weighted by Crippen LogP contribution is -2.37. The van der Waals surface area contributed by atoms with E-state index in [-0.39, 0.29) is 5.91 Å². The third kappa shape index (κ3) is 3.56. The van der Waals surface area contributed by atoms with E-state index in [0.717, 1.165) is 55.1 Å². The Balaban J connectivity index is 1.43. The van der Waals surface area contributed by atoms with Crippen LogP contribution in [0.15, 0.2) is 30.5 Å².